The highest BCUT2D eigenvalue weighted by atomic mass is 19.4. The molecular weight excluding hydrogens is 283 g/mol. The van der Waals surface area contributed by atoms with Crippen molar-refractivity contribution in [3.8, 4) is 0 Å². The SMILES string of the molecule is CC(C)C(N)CCN(C)C(=O)c1ccc(C(F)(F)F)cn1. The molecule has 1 unspecified atom stereocenters. The van der Waals surface area contributed by atoms with Gasteiger partial charge in [0.15, 0.2) is 0 Å². The third kappa shape index (κ3) is 5.00. The fourth-order valence-electron chi connectivity index (χ4n) is 1.66. The molecule has 1 aromatic heterocycles. The summed E-state index contributed by atoms with van der Waals surface area (Å²) in [7, 11) is 1.58. The highest BCUT2D eigenvalue weighted by Crippen LogP contribution is 2.28. The lowest BCUT2D eigenvalue weighted by molar-refractivity contribution is -0.137. The molecule has 1 heterocycles. The number of nitrogens with zero attached hydrogens (tertiary/aromatic N) is 2. The largest absolute Gasteiger partial charge is 0.417 e. The van der Waals surface area contributed by atoms with Crippen LogP contribution in [0, 0.1) is 5.92 Å². The Hall–Kier alpha value is -1.63. The number of aromatic nitrogens is 1. The Morgan fingerprint density at radius 2 is 2.00 bits per heavy atom. The van der Waals surface area contributed by atoms with Gasteiger partial charge in [-0.3, -0.25) is 9.78 Å². The van der Waals surface area contributed by atoms with Gasteiger partial charge in [-0.15, -0.1) is 0 Å². The van der Waals surface area contributed by atoms with E-state index >= 15 is 0 Å². The Balaban J connectivity index is 2.66. The van der Waals surface area contributed by atoms with Crippen LogP contribution in [-0.4, -0.2) is 35.4 Å². The molecule has 7 heteroatoms. The van der Waals surface area contributed by atoms with Gasteiger partial charge in [0.1, 0.15) is 5.69 Å². The first kappa shape index (κ1) is 17.4. The number of amides is 1. The zero-order valence-electron chi connectivity index (χ0n) is 12.3. The number of halogens is 3. The maximum absolute atomic E-state index is 12.4. The molecular formula is C14H20F3N3O. The van der Waals surface area contributed by atoms with Crippen LogP contribution in [-0.2, 0) is 6.18 Å². The zero-order chi connectivity index (χ0) is 16.2. The lowest BCUT2D eigenvalue weighted by atomic mass is 10.0. The van der Waals surface area contributed by atoms with Crippen molar-refractivity contribution in [1.82, 2.24) is 9.88 Å². The summed E-state index contributed by atoms with van der Waals surface area (Å²) in [4.78, 5) is 17.0. The molecule has 0 aliphatic heterocycles. The topological polar surface area (TPSA) is 59.2 Å². The number of pyridine rings is 1. The van der Waals surface area contributed by atoms with Crippen molar-refractivity contribution in [3.05, 3.63) is 29.6 Å². The van der Waals surface area contributed by atoms with E-state index in [0.29, 0.717) is 25.1 Å². The molecule has 2 N–H and O–H groups in total. The van der Waals surface area contributed by atoms with Crippen LogP contribution in [0.1, 0.15) is 36.3 Å². The van der Waals surface area contributed by atoms with Crippen molar-refractivity contribution in [1.29, 1.82) is 0 Å². The molecule has 1 rings (SSSR count). The minimum Gasteiger partial charge on any atom is -0.340 e. The second kappa shape index (κ2) is 6.89. The van der Waals surface area contributed by atoms with E-state index in [0.717, 1.165) is 12.1 Å². The summed E-state index contributed by atoms with van der Waals surface area (Å²) in [6, 6.07) is 1.92. The monoisotopic (exact) mass is 303 g/mol. The minimum atomic E-state index is -4.45. The van der Waals surface area contributed by atoms with Gasteiger partial charge in [-0.25, -0.2) is 0 Å². The molecule has 0 spiro atoms. The number of hydrogen-bond acceptors (Lipinski definition) is 3. The summed E-state index contributed by atoms with van der Waals surface area (Å²) in [6.45, 7) is 4.41. The van der Waals surface area contributed by atoms with Crippen LogP contribution in [0.4, 0.5) is 13.2 Å². The van der Waals surface area contributed by atoms with E-state index in [9.17, 15) is 18.0 Å². The second-order valence-electron chi connectivity index (χ2n) is 5.35. The Bertz CT molecular complexity index is 471. The Morgan fingerprint density at radius 1 is 1.38 bits per heavy atom. The minimum absolute atomic E-state index is 0.0105. The van der Waals surface area contributed by atoms with Crippen LogP contribution < -0.4 is 5.73 Å². The summed E-state index contributed by atoms with van der Waals surface area (Å²) >= 11 is 0. The summed E-state index contributed by atoms with van der Waals surface area (Å²) in [5, 5.41) is 0. The van der Waals surface area contributed by atoms with Crippen molar-refractivity contribution >= 4 is 5.91 Å². The smallest absolute Gasteiger partial charge is 0.340 e. The number of alkyl halides is 3. The molecule has 1 amide bonds. The van der Waals surface area contributed by atoms with Crippen LogP contribution in [0.3, 0.4) is 0 Å². The molecule has 4 nitrogen and oxygen atoms in total. The van der Waals surface area contributed by atoms with E-state index in [1.807, 2.05) is 13.8 Å². The molecule has 0 aliphatic rings. The van der Waals surface area contributed by atoms with Gasteiger partial charge < -0.3 is 10.6 Å². The fraction of sp³-hybridized carbons (Fsp3) is 0.571. The van der Waals surface area contributed by atoms with Crippen molar-refractivity contribution in [2.45, 2.75) is 32.5 Å². The van der Waals surface area contributed by atoms with E-state index in [1.165, 1.54) is 4.90 Å². The van der Waals surface area contributed by atoms with Crippen molar-refractivity contribution < 1.29 is 18.0 Å². The lowest BCUT2D eigenvalue weighted by Gasteiger charge is -2.21. The molecule has 0 radical (unpaired) electrons. The van der Waals surface area contributed by atoms with Crippen LogP contribution in [0.25, 0.3) is 0 Å². The van der Waals surface area contributed by atoms with Crippen LogP contribution in [0.15, 0.2) is 18.3 Å². The molecule has 21 heavy (non-hydrogen) atoms. The Morgan fingerprint density at radius 3 is 2.43 bits per heavy atom. The summed E-state index contributed by atoms with van der Waals surface area (Å²) in [6.07, 6.45) is -3.16. The van der Waals surface area contributed by atoms with Gasteiger partial charge >= 0.3 is 6.18 Å². The molecule has 118 valence electrons. The van der Waals surface area contributed by atoms with Gasteiger partial charge in [0.05, 0.1) is 5.56 Å². The number of hydrogen-bond donors (Lipinski definition) is 1. The van der Waals surface area contributed by atoms with E-state index in [4.69, 9.17) is 5.73 Å². The maximum atomic E-state index is 12.4. The third-order valence-corrected chi connectivity index (χ3v) is 3.31. The number of carbonyl (C=O) groups excluding carboxylic acids is 1. The molecule has 1 atom stereocenters. The van der Waals surface area contributed by atoms with Gasteiger partial charge in [-0.1, -0.05) is 13.8 Å². The molecule has 0 fully saturated rings. The number of rotatable bonds is 5. The predicted molar refractivity (Wildman–Crippen MR) is 73.6 cm³/mol. The van der Waals surface area contributed by atoms with Crippen molar-refractivity contribution in [2.75, 3.05) is 13.6 Å². The Kier molecular flexibility index (Phi) is 5.71. The maximum Gasteiger partial charge on any atom is 0.417 e. The predicted octanol–water partition coefficient (Wildman–Crippen LogP) is 2.55. The van der Waals surface area contributed by atoms with Crippen molar-refractivity contribution in [3.63, 3.8) is 0 Å². The molecule has 0 bridgehead atoms. The van der Waals surface area contributed by atoms with E-state index in [1.54, 1.807) is 7.05 Å². The fourth-order valence-corrected chi connectivity index (χ4v) is 1.66. The van der Waals surface area contributed by atoms with E-state index < -0.39 is 17.6 Å². The summed E-state index contributed by atoms with van der Waals surface area (Å²) < 4.78 is 37.2. The van der Waals surface area contributed by atoms with Gasteiger partial charge in [-0.2, -0.15) is 13.2 Å². The lowest BCUT2D eigenvalue weighted by Crippen LogP contribution is -2.35. The molecule has 0 aliphatic carbocycles. The molecule has 0 saturated carbocycles. The normalized spacial score (nSPS) is 13.3. The molecule has 0 aromatic carbocycles. The number of nitrogens with two attached hydrogens (primary N) is 1. The van der Waals surface area contributed by atoms with E-state index in [-0.39, 0.29) is 11.7 Å². The van der Waals surface area contributed by atoms with Crippen LogP contribution in [0.5, 0.6) is 0 Å². The average Bonchev–Trinajstić information content (AvgIpc) is 2.42. The van der Waals surface area contributed by atoms with Gasteiger partial charge in [0.2, 0.25) is 0 Å². The third-order valence-electron chi connectivity index (χ3n) is 3.31. The summed E-state index contributed by atoms with van der Waals surface area (Å²) in [5.41, 5.74) is 5.01. The van der Waals surface area contributed by atoms with Crippen molar-refractivity contribution in [2.24, 2.45) is 11.7 Å². The number of carbonyl (C=O) groups is 1. The zero-order valence-corrected chi connectivity index (χ0v) is 12.3. The highest BCUT2D eigenvalue weighted by molar-refractivity contribution is 5.92. The summed E-state index contributed by atoms with van der Waals surface area (Å²) in [5.74, 6) is -0.114. The molecule has 1 aromatic rings. The Labute approximate surface area is 122 Å². The first-order valence-electron chi connectivity index (χ1n) is 6.67. The first-order chi connectivity index (χ1) is 9.62. The first-order valence-corrected chi connectivity index (χ1v) is 6.67. The van der Waals surface area contributed by atoms with Gasteiger partial charge in [-0.05, 0) is 24.5 Å². The van der Waals surface area contributed by atoms with Gasteiger partial charge in [0.25, 0.3) is 5.91 Å². The molecule has 0 saturated heterocycles. The van der Waals surface area contributed by atoms with Gasteiger partial charge in [0, 0.05) is 25.8 Å². The highest BCUT2D eigenvalue weighted by Gasteiger charge is 2.31. The van der Waals surface area contributed by atoms with Crippen LogP contribution >= 0.6 is 0 Å². The second-order valence-corrected chi connectivity index (χ2v) is 5.35. The quantitative estimate of drug-likeness (QED) is 0.909. The van der Waals surface area contributed by atoms with Crippen LogP contribution in [0.2, 0.25) is 0 Å². The average molecular weight is 303 g/mol. The van der Waals surface area contributed by atoms with E-state index in [2.05, 4.69) is 4.98 Å². The standard InChI is InChI=1S/C14H20F3N3O/c1-9(2)11(18)6-7-20(3)13(21)12-5-4-10(8-19-12)14(15,16)17/h4-5,8-9,11H,6-7,18H2,1-3H3.